The normalized spacial score (nSPS) is 21.4. The lowest BCUT2D eigenvalue weighted by atomic mass is 9.78. The summed E-state index contributed by atoms with van der Waals surface area (Å²) in [5, 5.41) is 6.89. The van der Waals surface area contributed by atoms with Crippen LogP contribution in [0.5, 0.6) is 0 Å². The van der Waals surface area contributed by atoms with Crippen LogP contribution in [0.2, 0.25) is 0 Å². The summed E-state index contributed by atoms with van der Waals surface area (Å²) in [7, 11) is 3.52. The van der Waals surface area contributed by atoms with Gasteiger partial charge in [-0.05, 0) is 30.6 Å². The van der Waals surface area contributed by atoms with E-state index in [1.54, 1.807) is 19.0 Å². The number of rotatable bonds is 7. The van der Waals surface area contributed by atoms with Crippen LogP contribution in [0.15, 0.2) is 4.99 Å². The molecular formula is C19H37IN4O2. The van der Waals surface area contributed by atoms with Gasteiger partial charge in [0.25, 0.3) is 0 Å². The highest BCUT2D eigenvalue weighted by Gasteiger charge is 2.31. The van der Waals surface area contributed by atoms with Gasteiger partial charge in [-0.1, -0.05) is 26.7 Å². The number of amides is 1. The second-order valence-electron chi connectivity index (χ2n) is 8.39. The molecule has 1 saturated carbocycles. The van der Waals surface area contributed by atoms with Crippen molar-refractivity contribution in [1.82, 2.24) is 15.5 Å². The number of carbonyl (C=O) groups is 1. The zero-order valence-corrected chi connectivity index (χ0v) is 19.2. The van der Waals surface area contributed by atoms with E-state index in [0.717, 1.165) is 44.6 Å². The molecule has 0 radical (unpaired) electrons. The van der Waals surface area contributed by atoms with Crippen LogP contribution in [-0.4, -0.2) is 63.7 Å². The maximum atomic E-state index is 11.9. The van der Waals surface area contributed by atoms with Crippen molar-refractivity contribution in [2.24, 2.45) is 22.2 Å². The Bertz CT molecular complexity index is 456. The highest BCUT2D eigenvalue weighted by molar-refractivity contribution is 14.0. The maximum Gasteiger partial charge on any atom is 0.243 e. The molecule has 0 spiro atoms. The molecule has 1 amide bonds. The largest absolute Gasteiger partial charge is 0.381 e. The Morgan fingerprint density at radius 3 is 2.46 bits per heavy atom. The van der Waals surface area contributed by atoms with Gasteiger partial charge in [0, 0.05) is 39.7 Å². The number of likely N-dealkylation sites (N-methyl/N-ethyl adjacent to an activating group) is 1. The Balaban J connectivity index is 0.00000338. The van der Waals surface area contributed by atoms with Crippen LogP contribution in [0.25, 0.3) is 0 Å². The van der Waals surface area contributed by atoms with Crippen LogP contribution in [0.1, 0.15) is 46.0 Å². The number of aliphatic imine (C=N–C) groups is 1. The Morgan fingerprint density at radius 2 is 1.88 bits per heavy atom. The highest BCUT2D eigenvalue weighted by Crippen LogP contribution is 2.38. The van der Waals surface area contributed by atoms with Crippen LogP contribution in [0.4, 0.5) is 0 Å². The minimum absolute atomic E-state index is 0. The van der Waals surface area contributed by atoms with Gasteiger partial charge < -0.3 is 20.3 Å². The monoisotopic (exact) mass is 480 g/mol. The average molecular weight is 480 g/mol. The molecule has 7 heteroatoms. The topological polar surface area (TPSA) is 66.0 Å². The zero-order chi connectivity index (χ0) is 18.3. The first kappa shape index (κ1) is 23.5. The zero-order valence-electron chi connectivity index (χ0n) is 16.8. The van der Waals surface area contributed by atoms with Gasteiger partial charge in [-0.2, -0.15) is 0 Å². The van der Waals surface area contributed by atoms with E-state index in [1.165, 1.54) is 25.7 Å². The molecule has 2 aliphatic rings. The predicted molar refractivity (Wildman–Crippen MR) is 117 cm³/mol. The molecule has 26 heavy (non-hydrogen) atoms. The molecular weight excluding hydrogens is 443 g/mol. The second kappa shape index (κ2) is 11.3. The van der Waals surface area contributed by atoms with Crippen molar-refractivity contribution < 1.29 is 9.53 Å². The van der Waals surface area contributed by atoms with Crippen molar-refractivity contribution in [3.05, 3.63) is 0 Å². The number of hydrogen-bond acceptors (Lipinski definition) is 3. The number of halogens is 1. The third kappa shape index (κ3) is 7.58. The number of nitrogens with zero attached hydrogens (tertiary/aromatic N) is 2. The van der Waals surface area contributed by atoms with Crippen molar-refractivity contribution in [3.63, 3.8) is 0 Å². The molecule has 0 aromatic rings. The Morgan fingerprint density at radius 1 is 1.19 bits per heavy atom. The van der Waals surface area contributed by atoms with Crippen LogP contribution in [-0.2, 0) is 9.53 Å². The van der Waals surface area contributed by atoms with E-state index in [-0.39, 0.29) is 41.8 Å². The standard InChI is InChI=1S/C19H36N4O2.HI/c1-19(2,16-7-5-6-8-16)14-22-18(21-12-17(24)23(3)4)20-11-15-9-10-25-13-15;/h15-16H,5-14H2,1-4H3,(H2,20,21,22);1H. The summed E-state index contributed by atoms with van der Waals surface area (Å²) >= 11 is 0. The minimum Gasteiger partial charge on any atom is -0.381 e. The lowest BCUT2D eigenvalue weighted by molar-refractivity contribution is -0.127. The average Bonchev–Trinajstić information content (AvgIpc) is 3.27. The molecule has 1 unspecified atom stereocenters. The summed E-state index contributed by atoms with van der Waals surface area (Å²) in [6.45, 7) is 8.22. The van der Waals surface area contributed by atoms with Crippen molar-refractivity contribution >= 4 is 35.8 Å². The summed E-state index contributed by atoms with van der Waals surface area (Å²) in [4.78, 5) is 17.9. The van der Waals surface area contributed by atoms with Gasteiger partial charge in [0.05, 0.1) is 6.61 Å². The van der Waals surface area contributed by atoms with Crippen molar-refractivity contribution in [2.75, 3.05) is 46.9 Å². The first-order chi connectivity index (χ1) is 11.9. The van der Waals surface area contributed by atoms with Gasteiger partial charge in [-0.25, -0.2) is 4.99 Å². The SMILES string of the molecule is CN(C)C(=O)CN=C(NCC1CCOC1)NCC(C)(C)C1CCCC1.I. The van der Waals surface area contributed by atoms with Crippen molar-refractivity contribution in [3.8, 4) is 0 Å². The Labute approximate surface area is 175 Å². The molecule has 2 N–H and O–H groups in total. The molecule has 1 aliphatic heterocycles. The fraction of sp³-hybridized carbons (Fsp3) is 0.895. The highest BCUT2D eigenvalue weighted by atomic mass is 127. The maximum absolute atomic E-state index is 11.9. The Hall–Kier alpha value is -0.570. The summed E-state index contributed by atoms with van der Waals surface area (Å²) in [6, 6.07) is 0. The van der Waals surface area contributed by atoms with Crippen molar-refractivity contribution in [1.29, 1.82) is 0 Å². The van der Waals surface area contributed by atoms with Crippen LogP contribution in [0, 0.1) is 17.3 Å². The fourth-order valence-corrected chi connectivity index (χ4v) is 3.61. The van der Waals surface area contributed by atoms with Gasteiger partial charge >= 0.3 is 0 Å². The molecule has 1 atom stereocenters. The Kier molecular flexibility index (Phi) is 10.2. The van der Waals surface area contributed by atoms with E-state index in [0.29, 0.717) is 5.92 Å². The molecule has 1 aliphatic carbocycles. The van der Waals surface area contributed by atoms with Gasteiger partial charge in [-0.3, -0.25) is 4.79 Å². The lowest BCUT2D eigenvalue weighted by Gasteiger charge is -2.32. The molecule has 152 valence electrons. The molecule has 0 aromatic carbocycles. The summed E-state index contributed by atoms with van der Waals surface area (Å²) in [5.41, 5.74) is 0.237. The van der Waals surface area contributed by atoms with E-state index in [9.17, 15) is 4.79 Å². The number of ether oxygens (including phenoxy) is 1. The molecule has 1 heterocycles. The van der Waals surface area contributed by atoms with Gasteiger partial charge in [0.1, 0.15) is 6.54 Å². The van der Waals surface area contributed by atoms with Crippen LogP contribution in [0.3, 0.4) is 0 Å². The van der Waals surface area contributed by atoms with E-state index in [1.807, 2.05) is 0 Å². The van der Waals surface area contributed by atoms with Gasteiger partial charge in [0.15, 0.2) is 5.96 Å². The molecule has 0 aromatic heterocycles. The lowest BCUT2D eigenvalue weighted by Crippen LogP contribution is -2.45. The summed E-state index contributed by atoms with van der Waals surface area (Å²) in [5.74, 6) is 2.06. The first-order valence-electron chi connectivity index (χ1n) is 9.68. The second-order valence-corrected chi connectivity index (χ2v) is 8.39. The number of guanidine groups is 1. The van der Waals surface area contributed by atoms with E-state index in [2.05, 4.69) is 29.5 Å². The van der Waals surface area contributed by atoms with Crippen molar-refractivity contribution in [2.45, 2.75) is 46.0 Å². The molecule has 0 bridgehead atoms. The molecule has 6 nitrogen and oxygen atoms in total. The van der Waals surface area contributed by atoms with E-state index >= 15 is 0 Å². The number of carbonyl (C=O) groups excluding carboxylic acids is 1. The van der Waals surface area contributed by atoms with Gasteiger partial charge in [-0.15, -0.1) is 24.0 Å². The smallest absolute Gasteiger partial charge is 0.243 e. The van der Waals surface area contributed by atoms with Crippen LogP contribution < -0.4 is 10.6 Å². The first-order valence-corrected chi connectivity index (χ1v) is 9.68. The third-order valence-corrected chi connectivity index (χ3v) is 5.63. The molecule has 2 fully saturated rings. The third-order valence-electron chi connectivity index (χ3n) is 5.63. The number of nitrogens with one attached hydrogen (secondary N) is 2. The minimum atomic E-state index is 0. The quantitative estimate of drug-likeness (QED) is 0.334. The predicted octanol–water partition coefficient (Wildman–Crippen LogP) is 2.48. The summed E-state index contributed by atoms with van der Waals surface area (Å²) < 4.78 is 5.44. The van der Waals surface area contributed by atoms with Gasteiger partial charge in [0.2, 0.25) is 5.91 Å². The summed E-state index contributed by atoms with van der Waals surface area (Å²) in [6.07, 6.45) is 6.45. The van der Waals surface area contributed by atoms with E-state index in [4.69, 9.17) is 4.74 Å². The number of hydrogen-bond donors (Lipinski definition) is 2. The van der Waals surface area contributed by atoms with E-state index < -0.39 is 0 Å². The molecule has 1 saturated heterocycles. The fourth-order valence-electron chi connectivity index (χ4n) is 3.61. The van der Waals surface area contributed by atoms with Crippen LogP contribution >= 0.6 is 24.0 Å². The molecule has 2 rings (SSSR count).